The van der Waals surface area contributed by atoms with Crippen LogP contribution in [0.5, 0.6) is 0 Å². The van der Waals surface area contributed by atoms with Crippen molar-refractivity contribution >= 4 is 11.8 Å². The zero-order valence-corrected chi connectivity index (χ0v) is 12.6. The Bertz CT molecular complexity index is 453. The van der Waals surface area contributed by atoms with Crippen LogP contribution in [0.25, 0.3) is 0 Å². The highest BCUT2D eigenvalue weighted by Gasteiger charge is 2.38. The molecule has 0 unspecified atom stereocenters. The number of pyridine rings is 1. The van der Waals surface area contributed by atoms with Gasteiger partial charge in [0.1, 0.15) is 5.41 Å². The molecule has 1 heterocycles. The Hall–Kier alpha value is -1.91. The molecule has 0 fully saturated rings. The average molecular weight is 277 g/mol. The molecule has 0 aliphatic heterocycles. The Balaban J connectivity index is 2.67. The Labute approximate surface area is 120 Å². The van der Waals surface area contributed by atoms with Gasteiger partial charge in [-0.2, -0.15) is 0 Å². The molecule has 110 valence electrons. The molecule has 0 saturated heterocycles. The summed E-state index contributed by atoms with van der Waals surface area (Å²) in [6.45, 7) is 8.66. The van der Waals surface area contributed by atoms with Crippen LogP contribution in [0.4, 0.5) is 0 Å². The predicted octanol–water partition coefficient (Wildman–Crippen LogP) is 1.59. The molecule has 0 bridgehead atoms. The fraction of sp³-hybridized carbons (Fsp3) is 0.533. The van der Waals surface area contributed by atoms with Crippen molar-refractivity contribution in [2.24, 2.45) is 5.41 Å². The summed E-state index contributed by atoms with van der Waals surface area (Å²) in [7, 11) is 0. The van der Waals surface area contributed by atoms with Crippen LogP contribution in [0.15, 0.2) is 24.4 Å². The molecule has 5 heteroatoms. The molecular weight excluding hydrogens is 254 g/mol. The molecule has 5 nitrogen and oxygen atoms in total. The van der Waals surface area contributed by atoms with Gasteiger partial charge in [0.2, 0.25) is 11.8 Å². The van der Waals surface area contributed by atoms with Gasteiger partial charge >= 0.3 is 0 Å². The monoisotopic (exact) mass is 277 g/mol. The summed E-state index contributed by atoms with van der Waals surface area (Å²) in [5.74, 6) is -0.430. The number of hydrogen-bond donors (Lipinski definition) is 1. The lowest BCUT2D eigenvalue weighted by molar-refractivity contribution is -0.148. The molecule has 0 radical (unpaired) electrons. The van der Waals surface area contributed by atoms with E-state index >= 15 is 0 Å². The first-order valence-electron chi connectivity index (χ1n) is 6.91. The van der Waals surface area contributed by atoms with Gasteiger partial charge in [-0.15, -0.1) is 0 Å². The van der Waals surface area contributed by atoms with Crippen molar-refractivity contribution in [3.05, 3.63) is 30.1 Å². The van der Waals surface area contributed by atoms with Gasteiger partial charge in [-0.25, -0.2) is 0 Å². The summed E-state index contributed by atoms with van der Waals surface area (Å²) in [6.07, 6.45) is 1.67. The van der Waals surface area contributed by atoms with Crippen molar-refractivity contribution in [1.82, 2.24) is 15.2 Å². The van der Waals surface area contributed by atoms with Crippen molar-refractivity contribution in [2.75, 3.05) is 13.1 Å². The largest absolute Gasteiger partial charge is 0.350 e. The van der Waals surface area contributed by atoms with E-state index in [1.807, 2.05) is 32.0 Å². The maximum absolute atomic E-state index is 12.3. The Morgan fingerprint density at radius 3 is 2.40 bits per heavy atom. The van der Waals surface area contributed by atoms with Crippen LogP contribution in [0.1, 0.15) is 33.4 Å². The summed E-state index contributed by atoms with van der Waals surface area (Å²) < 4.78 is 0. The first-order chi connectivity index (χ1) is 9.43. The van der Waals surface area contributed by atoms with E-state index < -0.39 is 5.41 Å². The highest BCUT2D eigenvalue weighted by atomic mass is 16.2. The molecule has 0 aliphatic carbocycles. The van der Waals surface area contributed by atoms with Crippen LogP contribution in [-0.4, -0.2) is 34.8 Å². The summed E-state index contributed by atoms with van der Waals surface area (Å²) in [6, 6.07) is 5.51. The van der Waals surface area contributed by atoms with E-state index in [0.717, 1.165) is 5.69 Å². The van der Waals surface area contributed by atoms with E-state index in [1.165, 1.54) is 0 Å². The van der Waals surface area contributed by atoms with Crippen LogP contribution in [0, 0.1) is 5.41 Å². The van der Waals surface area contributed by atoms with Crippen LogP contribution >= 0.6 is 0 Å². The minimum Gasteiger partial charge on any atom is -0.350 e. The topological polar surface area (TPSA) is 62.3 Å². The molecule has 1 N–H and O–H groups in total. The Morgan fingerprint density at radius 2 is 1.90 bits per heavy atom. The fourth-order valence-corrected chi connectivity index (χ4v) is 1.90. The maximum atomic E-state index is 12.3. The average Bonchev–Trinajstić information content (AvgIpc) is 2.46. The van der Waals surface area contributed by atoms with Gasteiger partial charge in [-0.05, 0) is 39.8 Å². The van der Waals surface area contributed by atoms with E-state index in [0.29, 0.717) is 19.6 Å². The van der Waals surface area contributed by atoms with E-state index in [1.54, 1.807) is 24.9 Å². The summed E-state index contributed by atoms with van der Waals surface area (Å²) in [4.78, 5) is 30.4. The smallest absolute Gasteiger partial charge is 0.237 e. The molecule has 20 heavy (non-hydrogen) atoms. The van der Waals surface area contributed by atoms with Crippen molar-refractivity contribution in [1.29, 1.82) is 0 Å². The highest BCUT2D eigenvalue weighted by Crippen LogP contribution is 2.19. The van der Waals surface area contributed by atoms with Gasteiger partial charge in [-0.1, -0.05) is 6.07 Å². The second-order valence-electron chi connectivity index (χ2n) is 5.11. The van der Waals surface area contributed by atoms with Crippen LogP contribution < -0.4 is 5.32 Å². The second kappa shape index (κ2) is 7.03. The molecule has 1 aromatic heterocycles. The summed E-state index contributed by atoms with van der Waals surface area (Å²) in [5.41, 5.74) is -0.298. The maximum Gasteiger partial charge on any atom is 0.237 e. The lowest BCUT2D eigenvalue weighted by Crippen LogP contribution is -2.49. The molecule has 0 saturated carbocycles. The lowest BCUT2D eigenvalue weighted by atomic mass is 9.90. The number of rotatable bonds is 6. The number of carbonyl (C=O) groups is 2. The summed E-state index contributed by atoms with van der Waals surface area (Å²) >= 11 is 0. The van der Waals surface area contributed by atoms with Gasteiger partial charge in [0.05, 0.1) is 12.2 Å². The Morgan fingerprint density at radius 1 is 1.25 bits per heavy atom. The third-order valence-electron chi connectivity index (χ3n) is 3.31. The van der Waals surface area contributed by atoms with Gasteiger partial charge in [-0.3, -0.25) is 14.6 Å². The molecular formula is C15H23N3O2. The molecule has 1 rings (SSSR count). The number of aromatic nitrogens is 1. The van der Waals surface area contributed by atoms with Crippen molar-refractivity contribution in [3.63, 3.8) is 0 Å². The zero-order chi connectivity index (χ0) is 15.2. The van der Waals surface area contributed by atoms with Gasteiger partial charge < -0.3 is 10.2 Å². The van der Waals surface area contributed by atoms with Crippen molar-refractivity contribution in [3.8, 4) is 0 Å². The van der Waals surface area contributed by atoms with Crippen molar-refractivity contribution in [2.45, 2.75) is 34.2 Å². The molecule has 0 spiro atoms. The van der Waals surface area contributed by atoms with E-state index in [4.69, 9.17) is 0 Å². The minimum atomic E-state index is -1.07. The number of nitrogens with zero attached hydrogens (tertiary/aromatic N) is 2. The summed E-state index contributed by atoms with van der Waals surface area (Å²) in [5, 5.41) is 2.77. The molecule has 0 aliphatic rings. The quantitative estimate of drug-likeness (QED) is 0.803. The van der Waals surface area contributed by atoms with E-state index in [9.17, 15) is 9.59 Å². The molecule has 0 atom stereocenters. The van der Waals surface area contributed by atoms with Crippen LogP contribution in [0.2, 0.25) is 0 Å². The standard InChI is InChI=1S/C15H23N3O2/c1-5-18(6-2)14(20)15(3,4)13(19)17-11-12-9-7-8-10-16-12/h7-10H,5-6,11H2,1-4H3,(H,17,19). The fourth-order valence-electron chi connectivity index (χ4n) is 1.90. The van der Waals surface area contributed by atoms with E-state index in [2.05, 4.69) is 10.3 Å². The van der Waals surface area contributed by atoms with Crippen LogP contribution in [0.3, 0.4) is 0 Å². The third-order valence-corrected chi connectivity index (χ3v) is 3.31. The van der Waals surface area contributed by atoms with Gasteiger partial charge in [0, 0.05) is 19.3 Å². The van der Waals surface area contributed by atoms with Gasteiger partial charge in [0.15, 0.2) is 0 Å². The normalized spacial score (nSPS) is 11.0. The second-order valence-corrected chi connectivity index (χ2v) is 5.11. The first-order valence-corrected chi connectivity index (χ1v) is 6.91. The van der Waals surface area contributed by atoms with Gasteiger partial charge in [0.25, 0.3) is 0 Å². The minimum absolute atomic E-state index is 0.152. The SMILES string of the molecule is CCN(CC)C(=O)C(C)(C)C(=O)NCc1ccccn1. The number of carbonyl (C=O) groups excluding carboxylic acids is 2. The first kappa shape index (κ1) is 16.1. The number of nitrogens with one attached hydrogen (secondary N) is 1. The predicted molar refractivity (Wildman–Crippen MR) is 77.8 cm³/mol. The third kappa shape index (κ3) is 3.79. The molecule has 0 aromatic carbocycles. The highest BCUT2D eigenvalue weighted by molar-refractivity contribution is 6.04. The molecule has 2 amide bonds. The van der Waals surface area contributed by atoms with Crippen LogP contribution in [-0.2, 0) is 16.1 Å². The number of amides is 2. The lowest BCUT2D eigenvalue weighted by Gasteiger charge is -2.29. The number of hydrogen-bond acceptors (Lipinski definition) is 3. The van der Waals surface area contributed by atoms with Crippen molar-refractivity contribution < 1.29 is 9.59 Å². The zero-order valence-electron chi connectivity index (χ0n) is 12.6. The van der Waals surface area contributed by atoms with E-state index in [-0.39, 0.29) is 11.8 Å². The molecule has 1 aromatic rings. The Kier molecular flexibility index (Phi) is 5.67.